The highest BCUT2D eigenvalue weighted by molar-refractivity contribution is 7.87. The maximum absolute atomic E-state index is 11.9. The average molecular weight is 355 g/mol. The molecule has 0 aromatic carbocycles. The Morgan fingerprint density at radius 1 is 1.41 bits per heavy atom. The van der Waals surface area contributed by atoms with E-state index >= 15 is 0 Å². The fourth-order valence-electron chi connectivity index (χ4n) is 3.66. The minimum absolute atomic E-state index is 0.0741. The summed E-state index contributed by atoms with van der Waals surface area (Å²) < 4.78 is 63.8. The zero-order valence-electron chi connectivity index (χ0n) is 11.5. The molecular weight excluding hydrogens is 338 g/mol. The van der Waals surface area contributed by atoms with E-state index in [0.717, 1.165) is 0 Å². The molecule has 0 aromatic rings. The van der Waals surface area contributed by atoms with Gasteiger partial charge in [0.25, 0.3) is 20.2 Å². The number of fused-ring (bicyclic) bond motifs is 1. The maximum Gasteiger partial charge on any atom is 0.323 e. The molecule has 3 rings (SSSR count). The van der Waals surface area contributed by atoms with Gasteiger partial charge in [0.15, 0.2) is 0 Å². The SMILES string of the molecule is NC(CCS(=O)(=O)O)C(=O)OC1C2CC3C1OS(=O)(=O)C3C2. The van der Waals surface area contributed by atoms with E-state index in [1.165, 1.54) is 0 Å². The number of hydrogen-bond donors (Lipinski definition) is 2. The van der Waals surface area contributed by atoms with Crippen LogP contribution in [0.3, 0.4) is 0 Å². The van der Waals surface area contributed by atoms with Crippen molar-refractivity contribution < 1.29 is 35.1 Å². The first-order valence-electron chi connectivity index (χ1n) is 6.92. The summed E-state index contributed by atoms with van der Waals surface area (Å²) >= 11 is 0. The summed E-state index contributed by atoms with van der Waals surface area (Å²) in [5.41, 5.74) is 5.54. The van der Waals surface area contributed by atoms with Crippen LogP contribution in [0.5, 0.6) is 0 Å². The van der Waals surface area contributed by atoms with Gasteiger partial charge in [-0.15, -0.1) is 0 Å². The van der Waals surface area contributed by atoms with E-state index < -0.39 is 55.5 Å². The molecule has 2 bridgehead atoms. The van der Waals surface area contributed by atoms with Gasteiger partial charge in [0, 0.05) is 11.8 Å². The van der Waals surface area contributed by atoms with E-state index in [9.17, 15) is 21.6 Å². The summed E-state index contributed by atoms with van der Waals surface area (Å²) in [5, 5.41) is -0.509. The molecule has 0 aromatic heterocycles. The van der Waals surface area contributed by atoms with E-state index in [1.807, 2.05) is 0 Å². The van der Waals surface area contributed by atoms with Gasteiger partial charge in [0.05, 0.1) is 11.0 Å². The molecule has 2 saturated carbocycles. The molecule has 1 heterocycles. The Labute approximate surface area is 128 Å². The lowest BCUT2D eigenvalue weighted by molar-refractivity contribution is -0.157. The molecule has 22 heavy (non-hydrogen) atoms. The molecule has 0 radical (unpaired) electrons. The standard InChI is InChI=1S/C11H17NO8S2/c12-7(1-2-21(14,15)16)11(13)19-9-5-3-6-8(4-5)22(17,18)20-10(6)9/h5-10H,1-4,12H2,(H,14,15,16). The lowest BCUT2D eigenvalue weighted by Crippen LogP contribution is -2.42. The predicted molar refractivity (Wildman–Crippen MR) is 72.7 cm³/mol. The summed E-state index contributed by atoms with van der Waals surface area (Å²) in [7, 11) is -7.79. The van der Waals surface area contributed by atoms with Gasteiger partial charge in [-0.05, 0) is 19.3 Å². The number of hydrogen-bond acceptors (Lipinski definition) is 8. The topological polar surface area (TPSA) is 150 Å². The van der Waals surface area contributed by atoms with Gasteiger partial charge in [0.1, 0.15) is 18.2 Å². The highest BCUT2D eigenvalue weighted by Gasteiger charge is 2.65. The van der Waals surface area contributed by atoms with Crippen molar-refractivity contribution in [1.82, 2.24) is 0 Å². The Balaban J connectivity index is 1.62. The second-order valence-electron chi connectivity index (χ2n) is 6.07. The minimum Gasteiger partial charge on any atom is -0.458 e. The third-order valence-corrected chi connectivity index (χ3v) is 7.18. The van der Waals surface area contributed by atoms with Crippen LogP contribution in [0.25, 0.3) is 0 Å². The number of nitrogens with two attached hydrogens (primary N) is 1. The van der Waals surface area contributed by atoms with E-state index in [0.29, 0.717) is 12.8 Å². The molecule has 0 spiro atoms. The lowest BCUT2D eigenvalue weighted by Gasteiger charge is -2.26. The van der Waals surface area contributed by atoms with E-state index in [-0.39, 0.29) is 18.3 Å². The van der Waals surface area contributed by atoms with Crippen LogP contribution in [0.15, 0.2) is 0 Å². The van der Waals surface area contributed by atoms with Gasteiger partial charge < -0.3 is 10.5 Å². The summed E-state index contributed by atoms with van der Waals surface area (Å²) in [5.74, 6) is -1.68. The zero-order valence-corrected chi connectivity index (χ0v) is 13.1. The summed E-state index contributed by atoms with van der Waals surface area (Å²) in [6.07, 6.45) is -0.561. The summed E-state index contributed by atoms with van der Waals surface area (Å²) in [6.45, 7) is 0. The van der Waals surface area contributed by atoms with Crippen LogP contribution in [0.1, 0.15) is 19.3 Å². The monoisotopic (exact) mass is 355 g/mol. The number of rotatable bonds is 5. The Kier molecular flexibility index (Phi) is 3.76. The first-order chi connectivity index (χ1) is 10.1. The number of ether oxygens (including phenoxy) is 1. The van der Waals surface area contributed by atoms with Crippen LogP contribution < -0.4 is 5.73 Å². The smallest absolute Gasteiger partial charge is 0.323 e. The molecule has 2 aliphatic carbocycles. The molecule has 6 unspecified atom stereocenters. The summed E-state index contributed by atoms with van der Waals surface area (Å²) in [4.78, 5) is 11.9. The Bertz CT molecular complexity index is 687. The molecule has 3 aliphatic rings. The lowest BCUT2D eigenvalue weighted by atomic mass is 9.94. The molecule has 1 aliphatic heterocycles. The largest absolute Gasteiger partial charge is 0.458 e. The van der Waals surface area contributed by atoms with Crippen LogP contribution in [0.2, 0.25) is 0 Å². The van der Waals surface area contributed by atoms with Crippen molar-refractivity contribution in [3.63, 3.8) is 0 Å². The molecule has 6 atom stereocenters. The first-order valence-corrected chi connectivity index (χ1v) is 10.00. The second kappa shape index (κ2) is 5.13. The van der Waals surface area contributed by atoms with Gasteiger partial charge in [-0.2, -0.15) is 16.8 Å². The van der Waals surface area contributed by atoms with E-state index in [4.69, 9.17) is 19.2 Å². The quantitative estimate of drug-likeness (QED) is 0.346. The van der Waals surface area contributed by atoms with E-state index in [2.05, 4.69) is 0 Å². The third-order valence-electron chi connectivity index (χ3n) is 4.66. The summed E-state index contributed by atoms with van der Waals surface area (Å²) in [6, 6.07) is -1.20. The van der Waals surface area contributed by atoms with Crippen molar-refractivity contribution in [3.05, 3.63) is 0 Å². The van der Waals surface area contributed by atoms with Crippen LogP contribution in [-0.4, -0.2) is 56.6 Å². The van der Waals surface area contributed by atoms with Crippen LogP contribution >= 0.6 is 0 Å². The predicted octanol–water partition coefficient (Wildman–Crippen LogP) is -1.36. The molecule has 9 nitrogen and oxygen atoms in total. The third kappa shape index (κ3) is 2.75. The molecule has 3 fully saturated rings. The van der Waals surface area contributed by atoms with Crippen molar-refractivity contribution in [2.24, 2.45) is 17.6 Å². The fraction of sp³-hybridized carbons (Fsp3) is 0.909. The number of esters is 1. The zero-order chi connectivity index (χ0) is 16.3. The van der Waals surface area contributed by atoms with Gasteiger partial charge in [0.2, 0.25) is 0 Å². The van der Waals surface area contributed by atoms with Crippen LogP contribution in [0.4, 0.5) is 0 Å². The molecule has 126 valence electrons. The Morgan fingerprint density at radius 2 is 2.09 bits per heavy atom. The normalized spacial score (nSPS) is 39.8. The molecular formula is C11H17NO8S2. The Morgan fingerprint density at radius 3 is 2.73 bits per heavy atom. The average Bonchev–Trinajstić information content (AvgIpc) is 2.99. The molecule has 11 heteroatoms. The second-order valence-corrected chi connectivity index (χ2v) is 9.43. The fourth-order valence-corrected chi connectivity index (χ4v) is 6.09. The number of carbonyl (C=O) groups excluding carboxylic acids is 1. The highest BCUT2D eigenvalue weighted by Crippen LogP contribution is 2.55. The van der Waals surface area contributed by atoms with Crippen molar-refractivity contribution in [2.45, 2.75) is 42.8 Å². The Hall–Kier alpha value is -0.750. The first kappa shape index (κ1) is 16.1. The van der Waals surface area contributed by atoms with Crippen LogP contribution in [0, 0.1) is 11.8 Å². The van der Waals surface area contributed by atoms with Gasteiger partial charge in [-0.1, -0.05) is 0 Å². The molecule has 3 N–H and O–H groups in total. The number of carbonyl (C=O) groups is 1. The van der Waals surface area contributed by atoms with Crippen LogP contribution in [-0.2, 0) is 34.0 Å². The molecule has 1 saturated heterocycles. The minimum atomic E-state index is -4.20. The van der Waals surface area contributed by atoms with Crippen molar-refractivity contribution in [2.75, 3.05) is 5.75 Å². The molecule has 0 amide bonds. The van der Waals surface area contributed by atoms with E-state index in [1.54, 1.807) is 0 Å². The van der Waals surface area contributed by atoms with Gasteiger partial charge >= 0.3 is 5.97 Å². The maximum atomic E-state index is 11.9. The van der Waals surface area contributed by atoms with Gasteiger partial charge in [-0.3, -0.25) is 13.5 Å². The van der Waals surface area contributed by atoms with Gasteiger partial charge in [-0.25, -0.2) is 0 Å². The van der Waals surface area contributed by atoms with Crippen molar-refractivity contribution >= 4 is 26.2 Å². The van der Waals surface area contributed by atoms with Crippen molar-refractivity contribution in [1.29, 1.82) is 0 Å². The highest BCUT2D eigenvalue weighted by atomic mass is 32.2. The van der Waals surface area contributed by atoms with Crippen molar-refractivity contribution in [3.8, 4) is 0 Å².